The smallest absolute Gasteiger partial charge is 0.261 e. The van der Waals surface area contributed by atoms with Crippen LogP contribution in [0.2, 0.25) is 5.02 Å². The van der Waals surface area contributed by atoms with Crippen LogP contribution in [0.1, 0.15) is 12.8 Å². The number of nitrogens with one attached hydrogen (secondary N) is 1. The van der Waals surface area contributed by atoms with Crippen molar-refractivity contribution >= 4 is 43.8 Å². The third kappa shape index (κ3) is 5.52. The second-order valence-electron chi connectivity index (χ2n) is 8.70. The summed E-state index contributed by atoms with van der Waals surface area (Å²) >= 11 is 6.32. The fourth-order valence-electron chi connectivity index (χ4n) is 4.35. The Labute approximate surface area is 210 Å². The number of benzene rings is 3. The quantitative estimate of drug-likeness (QED) is 0.333. The van der Waals surface area contributed by atoms with E-state index in [1.54, 1.807) is 30.3 Å². The van der Waals surface area contributed by atoms with Crippen LogP contribution >= 0.6 is 11.6 Å². The van der Waals surface area contributed by atoms with Gasteiger partial charge in [-0.1, -0.05) is 35.9 Å². The number of nitrogens with zero attached hydrogens (tertiary/aromatic N) is 2. The Bertz CT molecular complexity index is 1410. The molecule has 1 aliphatic heterocycles. The zero-order valence-corrected chi connectivity index (χ0v) is 20.7. The Morgan fingerprint density at radius 1 is 0.971 bits per heavy atom. The van der Waals surface area contributed by atoms with Gasteiger partial charge in [0.1, 0.15) is 5.75 Å². The highest BCUT2D eigenvalue weighted by molar-refractivity contribution is 7.92. The molecule has 0 bridgehead atoms. The molecule has 1 fully saturated rings. The third-order valence-corrected chi connectivity index (χ3v) is 8.00. The minimum atomic E-state index is -3.78. The summed E-state index contributed by atoms with van der Waals surface area (Å²) < 4.78 is 34.5. The predicted octanol–water partition coefficient (Wildman–Crippen LogP) is 5.98. The SMILES string of the molecule is O=S(=O)(Nc1ccc(OCC2CCN(c3ccncc3)CC2)cc1)c1cc(Cl)c2ccccc2c1. The molecule has 2 heterocycles. The molecule has 0 saturated carbocycles. The van der Waals surface area contributed by atoms with Crippen molar-refractivity contribution in [2.45, 2.75) is 17.7 Å². The van der Waals surface area contributed by atoms with Gasteiger partial charge in [0.2, 0.25) is 0 Å². The van der Waals surface area contributed by atoms with E-state index in [2.05, 4.69) is 14.6 Å². The second-order valence-corrected chi connectivity index (χ2v) is 10.8. The van der Waals surface area contributed by atoms with Crippen molar-refractivity contribution in [2.24, 2.45) is 5.92 Å². The number of aromatic nitrogens is 1. The van der Waals surface area contributed by atoms with E-state index >= 15 is 0 Å². The zero-order valence-electron chi connectivity index (χ0n) is 19.1. The molecule has 1 aliphatic rings. The topological polar surface area (TPSA) is 71.5 Å². The first-order valence-electron chi connectivity index (χ1n) is 11.6. The lowest BCUT2D eigenvalue weighted by Crippen LogP contribution is -2.35. The summed E-state index contributed by atoms with van der Waals surface area (Å²) in [6, 6.07) is 21.6. The normalized spacial score (nSPS) is 14.7. The Hall–Kier alpha value is -3.29. The molecule has 1 saturated heterocycles. The maximum absolute atomic E-state index is 12.9. The van der Waals surface area contributed by atoms with Gasteiger partial charge < -0.3 is 9.64 Å². The van der Waals surface area contributed by atoms with Crippen molar-refractivity contribution in [2.75, 3.05) is 29.3 Å². The lowest BCUT2D eigenvalue weighted by molar-refractivity contribution is 0.223. The van der Waals surface area contributed by atoms with Crippen molar-refractivity contribution in [3.63, 3.8) is 0 Å². The molecule has 0 radical (unpaired) electrons. The number of ether oxygens (including phenoxy) is 1. The van der Waals surface area contributed by atoms with Gasteiger partial charge in [-0.3, -0.25) is 9.71 Å². The highest BCUT2D eigenvalue weighted by atomic mass is 35.5. The fourth-order valence-corrected chi connectivity index (χ4v) is 5.83. The summed E-state index contributed by atoms with van der Waals surface area (Å²) in [5.74, 6) is 1.21. The van der Waals surface area contributed by atoms with Crippen molar-refractivity contribution in [1.82, 2.24) is 4.98 Å². The van der Waals surface area contributed by atoms with Crippen LogP contribution in [0.15, 0.2) is 90.1 Å². The molecule has 3 aromatic carbocycles. The summed E-state index contributed by atoms with van der Waals surface area (Å²) in [7, 11) is -3.78. The van der Waals surface area contributed by atoms with Gasteiger partial charge in [0.25, 0.3) is 10.0 Å². The number of hydrogen-bond donors (Lipinski definition) is 1. The minimum Gasteiger partial charge on any atom is -0.493 e. The van der Waals surface area contributed by atoms with Gasteiger partial charge in [0.05, 0.1) is 11.5 Å². The van der Waals surface area contributed by atoms with E-state index in [1.807, 2.05) is 48.8 Å². The summed E-state index contributed by atoms with van der Waals surface area (Å²) in [6.07, 6.45) is 5.78. The molecule has 180 valence electrons. The average molecular weight is 508 g/mol. The minimum absolute atomic E-state index is 0.125. The van der Waals surface area contributed by atoms with E-state index in [1.165, 1.54) is 11.8 Å². The molecule has 8 heteroatoms. The summed E-state index contributed by atoms with van der Waals surface area (Å²) in [5.41, 5.74) is 1.68. The standard InChI is InChI=1S/C27H26ClN3O3S/c28-27-18-25(17-21-3-1-2-4-26(21)27)35(32,33)30-22-5-7-24(8-6-22)34-19-20-11-15-31(16-12-20)23-9-13-29-14-10-23/h1-10,13-14,17-18,20,30H,11-12,15-16,19H2. The molecule has 35 heavy (non-hydrogen) atoms. The van der Waals surface area contributed by atoms with E-state index < -0.39 is 10.0 Å². The van der Waals surface area contributed by atoms with Crippen LogP contribution < -0.4 is 14.4 Å². The van der Waals surface area contributed by atoms with Gasteiger partial charge in [-0.25, -0.2) is 8.42 Å². The Balaban J connectivity index is 1.17. The highest BCUT2D eigenvalue weighted by Crippen LogP contribution is 2.29. The Kier molecular flexibility index (Phi) is 6.79. The first-order chi connectivity index (χ1) is 17.0. The molecule has 0 spiro atoms. The molecule has 6 nitrogen and oxygen atoms in total. The highest BCUT2D eigenvalue weighted by Gasteiger charge is 2.20. The zero-order chi connectivity index (χ0) is 24.3. The van der Waals surface area contributed by atoms with Crippen LogP contribution in [0.4, 0.5) is 11.4 Å². The molecular formula is C27H26ClN3O3S. The number of piperidine rings is 1. The molecule has 0 unspecified atom stereocenters. The Morgan fingerprint density at radius 3 is 2.43 bits per heavy atom. The molecule has 1 N–H and O–H groups in total. The summed E-state index contributed by atoms with van der Waals surface area (Å²) in [5, 5.41) is 1.99. The monoisotopic (exact) mass is 507 g/mol. The van der Waals surface area contributed by atoms with Crippen LogP contribution in [0, 0.1) is 5.92 Å². The molecule has 5 rings (SSSR count). The van der Waals surface area contributed by atoms with Crippen molar-refractivity contribution in [1.29, 1.82) is 0 Å². The fraction of sp³-hybridized carbons (Fsp3) is 0.222. The van der Waals surface area contributed by atoms with E-state index in [0.717, 1.165) is 42.5 Å². The van der Waals surface area contributed by atoms with E-state index in [-0.39, 0.29) is 4.90 Å². The van der Waals surface area contributed by atoms with Gasteiger partial charge in [-0.15, -0.1) is 0 Å². The maximum atomic E-state index is 12.9. The van der Waals surface area contributed by atoms with Gasteiger partial charge in [0, 0.05) is 47.3 Å². The van der Waals surface area contributed by atoms with Gasteiger partial charge in [0.15, 0.2) is 0 Å². The number of fused-ring (bicyclic) bond motifs is 1. The molecule has 1 aromatic heterocycles. The number of pyridine rings is 1. The first kappa shape index (κ1) is 23.5. The average Bonchev–Trinajstić information content (AvgIpc) is 2.89. The number of sulfonamides is 1. The lowest BCUT2D eigenvalue weighted by Gasteiger charge is -2.33. The van der Waals surface area contributed by atoms with Gasteiger partial charge in [-0.2, -0.15) is 0 Å². The summed E-state index contributed by atoms with van der Waals surface area (Å²) in [6.45, 7) is 2.64. The molecular weight excluding hydrogens is 482 g/mol. The predicted molar refractivity (Wildman–Crippen MR) is 141 cm³/mol. The van der Waals surface area contributed by atoms with E-state index in [9.17, 15) is 8.42 Å². The van der Waals surface area contributed by atoms with Crippen LogP contribution in [0.5, 0.6) is 5.75 Å². The van der Waals surface area contributed by atoms with Crippen molar-refractivity contribution in [3.05, 3.63) is 90.2 Å². The van der Waals surface area contributed by atoms with E-state index in [0.29, 0.717) is 23.2 Å². The van der Waals surface area contributed by atoms with Crippen LogP contribution in [0.3, 0.4) is 0 Å². The number of anilines is 2. The molecule has 4 aromatic rings. The third-order valence-electron chi connectivity index (χ3n) is 6.33. The van der Waals surface area contributed by atoms with Crippen molar-refractivity contribution < 1.29 is 13.2 Å². The second kappa shape index (κ2) is 10.1. The Morgan fingerprint density at radius 2 is 1.69 bits per heavy atom. The van der Waals surface area contributed by atoms with Gasteiger partial charge in [-0.05, 0) is 72.7 Å². The molecule has 0 atom stereocenters. The largest absolute Gasteiger partial charge is 0.493 e. The first-order valence-corrected chi connectivity index (χ1v) is 13.4. The van der Waals surface area contributed by atoms with Gasteiger partial charge >= 0.3 is 0 Å². The number of halogens is 1. The molecule has 0 amide bonds. The number of rotatable bonds is 7. The van der Waals surface area contributed by atoms with Crippen LogP contribution in [0.25, 0.3) is 10.8 Å². The molecule has 0 aliphatic carbocycles. The van der Waals surface area contributed by atoms with E-state index in [4.69, 9.17) is 16.3 Å². The van der Waals surface area contributed by atoms with Crippen molar-refractivity contribution in [3.8, 4) is 5.75 Å². The lowest BCUT2D eigenvalue weighted by atomic mass is 9.97. The summed E-state index contributed by atoms with van der Waals surface area (Å²) in [4.78, 5) is 6.59. The van der Waals surface area contributed by atoms with Crippen LogP contribution in [-0.2, 0) is 10.0 Å². The van der Waals surface area contributed by atoms with Crippen LogP contribution in [-0.4, -0.2) is 33.1 Å². The maximum Gasteiger partial charge on any atom is 0.261 e. The number of hydrogen-bond acceptors (Lipinski definition) is 5.